The monoisotopic (exact) mass is 178 g/mol. The highest BCUT2D eigenvalue weighted by molar-refractivity contribution is 8.04. The molecule has 0 N–H and O–H groups in total. The van der Waals surface area contributed by atoms with Crippen molar-refractivity contribution in [2.75, 3.05) is 0 Å². The molecule has 3 nitrogen and oxygen atoms in total. The molecular weight excluding hydrogens is 172 g/mol. The van der Waals surface area contributed by atoms with E-state index in [2.05, 4.69) is 9.98 Å². The molecule has 1 aliphatic rings. The van der Waals surface area contributed by atoms with Crippen molar-refractivity contribution in [1.29, 1.82) is 0 Å². The third-order valence-electron chi connectivity index (χ3n) is 1.48. The molecule has 2 rings (SSSR count). The van der Waals surface area contributed by atoms with Crippen LogP contribution < -0.4 is 0 Å². The first-order valence-electron chi connectivity index (χ1n) is 3.43. The fourth-order valence-corrected chi connectivity index (χ4v) is 1.77. The molecule has 0 saturated carbocycles. The van der Waals surface area contributed by atoms with Gasteiger partial charge in [0.1, 0.15) is 5.04 Å². The number of rotatable bonds is 1. The van der Waals surface area contributed by atoms with E-state index < -0.39 is 10.8 Å². The maximum absolute atomic E-state index is 11.2. The lowest BCUT2D eigenvalue weighted by atomic mass is 10.3. The van der Waals surface area contributed by atoms with Crippen LogP contribution in [0.5, 0.6) is 0 Å². The number of aliphatic imine (C=N–C) groups is 1. The summed E-state index contributed by atoms with van der Waals surface area (Å²) >= 11 is 0. The van der Waals surface area contributed by atoms with Gasteiger partial charge in [-0.3, -0.25) is 4.98 Å². The molecule has 0 aliphatic carbocycles. The average Bonchev–Trinajstić information content (AvgIpc) is 2.53. The van der Waals surface area contributed by atoms with E-state index in [-0.39, 0.29) is 0 Å². The molecule has 0 radical (unpaired) electrons. The van der Waals surface area contributed by atoms with Crippen molar-refractivity contribution >= 4 is 15.8 Å². The van der Waals surface area contributed by atoms with Crippen LogP contribution in [0.2, 0.25) is 0 Å². The Hall–Kier alpha value is -1.29. The summed E-state index contributed by atoms with van der Waals surface area (Å²) in [5.74, 6) is 0. The maximum atomic E-state index is 11.2. The molecule has 1 aromatic rings. The highest BCUT2D eigenvalue weighted by atomic mass is 32.2. The van der Waals surface area contributed by atoms with Crippen LogP contribution in [0.25, 0.3) is 0 Å². The predicted molar refractivity (Wildman–Crippen MR) is 48.1 cm³/mol. The van der Waals surface area contributed by atoms with Crippen LogP contribution in [-0.2, 0) is 10.8 Å². The van der Waals surface area contributed by atoms with Gasteiger partial charge in [-0.25, -0.2) is 9.20 Å². The van der Waals surface area contributed by atoms with Gasteiger partial charge in [-0.2, -0.15) is 0 Å². The molecule has 12 heavy (non-hydrogen) atoms. The van der Waals surface area contributed by atoms with Crippen molar-refractivity contribution in [2.24, 2.45) is 4.99 Å². The van der Waals surface area contributed by atoms with Crippen molar-refractivity contribution in [3.8, 4) is 0 Å². The van der Waals surface area contributed by atoms with Gasteiger partial charge >= 0.3 is 0 Å². The highest BCUT2D eigenvalue weighted by Gasteiger charge is 2.12. The zero-order valence-electron chi connectivity index (χ0n) is 6.18. The van der Waals surface area contributed by atoms with Gasteiger partial charge in [-0.1, -0.05) is 0 Å². The highest BCUT2D eigenvalue weighted by Crippen LogP contribution is 2.09. The van der Waals surface area contributed by atoms with Gasteiger partial charge in [-0.05, 0) is 12.1 Å². The lowest BCUT2D eigenvalue weighted by molar-refractivity contribution is 0.695. The van der Waals surface area contributed by atoms with Crippen LogP contribution in [0, 0.1) is 0 Å². The molecule has 0 aromatic carbocycles. The van der Waals surface area contributed by atoms with Crippen LogP contribution in [-0.4, -0.2) is 14.2 Å². The van der Waals surface area contributed by atoms with Crippen LogP contribution in [0.15, 0.2) is 41.1 Å². The summed E-state index contributed by atoms with van der Waals surface area (Å²) in [5.41, 5.74) is 0.820. The first kappa shape index (κ1) is 7.36. The van der Waals surface area contributed by atoms with Gasteiger partial charge in [0.2, 0.25) is 0 Å². The quantitative estimate of drug-likeness (QED) is 0.645. The minimum absolute atomic E-state index is 0.586. The largest absolute Gasteiger partial charge is 0.264 e. The Morgan fingerprint density at radius 2 is 2.33 bits per heavy atom. The van der Waals surface area contributed by atoms with E-state index in [1.807, 2.05) is 6.07 Å². The maximum Gasteiger partial charge on any atom is 0.140 e. The standard InChI is InChI=1S/C8H6N2OS/c11-12-5-4-10-8(12)7-2-1-3-9-6-7/h1-6H. The van der Waals surface area contributed by atoms with E-state index in [0.717, 1.165) is 5.56 Å². The summed E-state index contributed by atoms with van der Waals surface area (Å²) in [6, 6.07) is 3.64. The summed E-state index contributed by atoms with van der Waals surface area (Å²) in [5, 5.41) is 2.14. The van der Waals surface area contributed by atoms with Gasteiger partial charge in [0.15, 0.2) is 0 Å². The molecular formula is C8H6N2OS. The van der Waals surface area contributed by atoms with Crippen LogP contribution in [0.4, 0.5) is 0 Å². The normalized spacial score (nSPS) is 21.0. The molecule has 1 atom stereocenters. The van der Waals surface area contributed by atoms with Crippen molar-refractivity contribution < 1.29 is 4.21 Å². The zero-order valence-corrected chi connectivity index (χ0v) is 6.99. The molecule has 0 amide bonds. The molecule has 1 aromatic heterocycles. The van der Waals surface area contributed by atoms with Crippen molar-refractivity contribution in [3.63, 3.8) is 0 Å². The molecule has 0 spiro atoms. The lowest BCUT2D eigenvalue weighted by Crippen LogP contribution is -2.03. The third-order valence-corrected chi connectivity index (χ3v) is 2.57. The average molecular weight is 178 g/mol. The Kier molecular flexibility index (Phi) is 1.83. The number of hydrogen-bond acceptors (Lipinski definition) is 3. The second-order valence-corrected chi connectivity index (χ2v) is 3.51. The topological polar surface area (TPSA) is 42.3 Å². The van der Waals surface area contributed by atoms with Crippen molar-refractivity contribution in [1.82, 2.24) is 4.98 Å². The van der Waals surface area contributed by atoms with E-state index in [0.29, 0.717) is 5.04 Å². The molecule has 2 heterocycles. The first-order chi connectivity index (χ1) is 5.88. The third kappa shape index (κ3) is 1.21. The minimum Gasteiger partial charge on any atom is -0.264 e. The van der Waals surface area contributed by atoms with Crippen LogP contribution >= 0.6 is 0 Å². The van der Waals surface area contributed by atoms with Crippen LogP contribution in [0.1, 0.15) is 5.56 Å². The Morgan fingerprint density at radius 3 is 2.92 bits per heavy atom. The molecule has 60 valence electrons. The second-order valence-electron chi connectivity index (χ2n) is 2.26. The van der Waals surface area contributed by atoms with E-state index in [9.17, 15) is 4.21 Å². The van der Waals surface area contributed by atoms with E-state index in [1.54, 1.807) is 30.1 Å². The number of hydrogen-bond donors (Lipinski definition) is 0. The van der Waals surface area contributed by atoms with Crippen molar-refractivity contribution in [2.45, 2.75) is 0 Å². The second kappa shape index (κ2) is 2.98. The Morgan fingerprint density at radius 1 is 1.42 bits per heavy atom. The predicted octanol–water partition coefficient (Wildman–Crippen LogP) is 1.06. The molecule has 0 fully saturated rings. The van der Waals surface area contributed by atoms with E-state index in [1.165, 1.54) is 0 Å². The minimum atomic E-state index is -1.08. The number of aromatic nitrogens is 1. The zero-order chi connectivity index (χ0) is 8.39. The molecule has 0 bridgehead atoms. The first-order valence-corrected chi connectivity index (χ1v) is 4.65. The fourth-order valence-electron chi connectivity index (χ4n) is 0.950. The van der Waals surface area contributed by atoms with Gasteiger partial charge in [-0.15, -0.1) is 0 Å². The van der Waals surface area contributed by atoms with Gasteiger partial charge in [0.05, 0.1) is 10.8 Å². The number of nitrogens with zero attached hydrogens (tertiary/aromatic N) is 2. The Labute approximate surface area is 72.3 Å². The SMILES string of the molecule is O=S1C=CN=C1c1cccnc1. The summed E-state index contributed by atoms with van der Waals surface area (Å²) < 4.78 is 11.2. The molecule has 4 heteroatoms. The molecule has 1 aliphatic heterocycles. The lowest BCUT2D eigenvalue weighted by Gasteiger charge is -1.96. The molecule has 0 saturated heterocycles. The number of pyridine rings is 1. The van der Waals surface area contributed by atoms with Gasteiger partial charge in [0, 0.05) is 29.6 Å². The fraction of sp³-hybridized carbons (Fsp3) is 0. The molecule has 1 unspecified atom stereocenters. The van der Waals surface area contributed by atoms with E-state index >= 15 is 0 Å². The van der Waals surface area contributed by atoms with Gasteiger partial charge in [0.25, 0.3) is 0 Å². The smallest absolute Gasteiger partial charge is 0.140 e. The van der Waals surface area contributed by atoms with Gasteiger partial charge < -0.3 is 0 Å². The Balaban J connectivity index is 2.40. The van der Waals surface area contributed by atoms with Crippen molar-refractivity contribution in [3.05, 3.63) is 41.7 Å². The summed E-state index contributed by atoms with van der Waals surface area (Å²) in [7, 11) is -1.08. The summed E-state index contributed by atoms with van der Waals surface area (Å²) in [4.78, 5) is 7.90. The van der Waals surface area contributed by atoms with Crippen LogP contribution in [0.3, 0.4) is 0 Å². The van der Waals surface area contributed by atoms with E-state index in [4.69, 9.17) is 0 Å². The Bertz CT molecular complexity index is 370. The summed E-state index contributed by atoms with van der Waals surface area (Å²) in [6.45, 7) is 0. The summed E-state index contributed by atoms with van der Waals surface area (Å²) in [6.07, 6.45) is 4.89.